The van der Waals surface area contributed by atoms with E-state index in [1.165, 1.54) is 21.9 Å². The second kappa shape index (κ2) is 14.5. The van der Waals surface area contributed by atoms with Crippen molar-refractivity contribution in [2.75, 3.05) is 13.1 Å². The van der Waals surface area contributed by atoms with Crippen molar-refractivity contribution in [2.45, 2.75) is 63.9 Å². The molecule has 0 radical (unpaired) electrons. The fourth-order valence-corrected chi connectivity index (χ4v) is 6.12. The summed E-state index contributed by atoms with van der Waals surface area (Å²) >= 11 is 0. The van der Waals surface area contributed by atoms with Crippen molar-refractivity contribution in [1.29, 1.82) is 0 Å². The van der Waals surface area contributed by atoms with E-state index in [0.717, 1.165) is 16.2 Å². The van der Waals surface area contributed by atoms with Crippen LogP contribution in [-0.4, -0.2) is 86.3 Å². The Morgan fingerprint density at radius 1 is 0.891 bits per heavy atom. The summed E-state index contributed by atoms with van der Waals surface area (Å²) in [6, 6.07) is 23.2. The Balaban J connectivity index is 1.50. The van der Waals surface area contributed by atoms with Gasteiger partial charge in [0.2, 0.25) is 11.8 Å². The summed E-state index contributed by atoms with van der Waals surface area (Å²) in [5.74, 6) is -1.26. The standard InChI is InChI=1S/C35H40N4O7/c1-23(2)19-30-34(43)38-29(21-26-13-15-27(40)16-14-26)33(42)37(22-31(38)39(46-30)35(44)45)28(20-25-11-7-4-8-12-25)32(41)36-18-17-24-9-5-3-6-10-24/h3-16,23,28-31,40H,17-22H2,1-2H3,(H,36,41)(H,44,45). The Labute approximate surface area is 268 Å². The van der Waals surface area contributed by atoms with Gasteiger partial charge in [0.05, 0.1) is 6.54 Å². The molecule has 4 amide bonds. The first-order chi connectivity index (χ1) is 22.1. The van der Waals surface area contributed by atoms with Crippen LogP contribution in [0.15, 0.2) is 84.9 Å². The summed E-state index contributed by atoms with van der Waals surface area (Å²) < 4.78 is 0. The van der Waals surface area contributed by atoms with Gasteiger partial charge in [-0.1, -0.05) is 86.6 Å². The van der Waals surface area contributed by atoms with Crippen molar-refractivity contribution in [1.82, 2.24) is 20.2 Å². The van der Waals surface area contributed by atoms with Crippen LogP contribution in [0.2, 0.25) is 0 Å². The maximum Gasteiger partial charge on any atom is 0.433 e. The van der Waals surface area contributed by atoms with Crippen molar-refractivity contribution in [3.63, 3.8) is 0 Å². The molecular formula is C35H40N4O7. The minimum Gasteiger partial charge on any atom is -0.508 e. The molecule has 2 aliphatic heterocycles. The summed E-state index contributed by atoms with van der Waals surface area (Å²) in [4.78, 5) is 63.4. The van der Waals surface area contributed by atoms with Crippen LogP contribution in [-0.2, 0) is 38.5 Å². The molecular weight excluding hydrogens is 588 g/mol. The second-order valence-electron chi connectivity index (χ2n) is 12.2. The van der Waals surface area contributed by atoms with Gasteiger partial charge in [0.1, 0.15) is 17.8 Å². The zero-order valence-electron chi connectivity index (χ0n) is 26.0. The molecule has 11 heteroatoms. The number of amides is 4. The Morgan fingerprint density at radius 2 is 1.52 bits per heavy atom. The number of hydrogen-bond donors (Lipinski definition) is 3. The highest BCUT2D eigenvalue weighted by atomic mass is 16.7. The molecule has 0 aliphatic carbocycles. The third-order valence-electron chi connectivity index (χ3n) is 8.37. The maximum atomic E-state index is 14.5. The molecule has 0 bridgehead atoms. The molecule has 2 fully saturated rings. The van der Waals surface area contributed by atoms with Gasteiger partial charge in [-0.05, 0) is 47.6 Å². The monoisotopic (exact) mass is 628 g/mol. The molecule has 5 rings (SSSR count). The molecule has 4 atom stereocenters. The number of hydrogen-bond acceptors (Lipinski definition) is 6. The first-order valence-corrected chi connectivity index (χ1v) is 15.6. The Hall–Kier alpha value is -4.90. The predicted molar refractivity (Wildman–Crippen MR) is 169 cm³/mol. The summed E-state index contributed by atoms with van der Waals surface area (Å²) in [5.41, 5.74) is 2.52. The van der Waals surface area contributed by atoms with Crippen molar-refractivity contribution in [2.24, 2.45) is 5.92 Å². The van der Waals surface area contributed by atoms with Gasteiger partial charge in [0.15, 0.2) is 12.3 Å². The smallest absolute Gasteiger partial charge is 0.433 e. The lowest BCUT2D eigenvalue weighted by atomic mass is 9.94. The van der Waals surface area contributed by atoms with Crippen molar-refractivity contribution >= 4 is 23.8 Å². The quantitative estimate of drug-likeness (QED) is 0.295. The number of nitrogens with one attached hydrogen (secondary N) is 1. The van der Waals surface area contributed by atoms with E-state index in [0.29, 0.717) is 18.5 Å². The van der Waals surface area contributed by atoms with Gasteiger partial charge >= 0.3 is 6.09 Å². The van der Waals surface area contributed by atoms with Gasteiger partial charge in [-0.15, -0.1) is 0 Å². The number of nitrogens with zero attached hydrogens (tertiary/aromatic N) is 3. The summed E-state index contributed by atoms with van der Waals surface area (Å²) in [5, 5.41) is 23.8. The SMILES string of the molecule is CC(C)CC1ON(C(=O)O)C2CN(C(Cc3ccccc3)C(=O)NCCc3ccccc3)C(=O)C(Cc3ccc(O)cc3)N2C1=O. The lowest BCUT2D eigenvalue weighted by Crippen LogP contribution is -2.75. The highest BCUT2D eigenvalue weighted by Gasteiger charge is 2.54. The van der Waals surface area contributed by atoms with E-state index in [4.69, 9.17) is 4.84 Å². The van der Waals surface area contributed by atoms with Crippen molar-refractivity contribution in [3.8, 4) is 5.75 Å². The molecule has 2 heterocycles. The largest absolute Gasteiger partial charge is 0.508 e. The summed E-state index contributed by atoms with van der Waals surface area (Å²) in [7, 11) is 0. The average Bonchev–Trinajstić information content (AvgIpc) is 3.04. The van der Waals surface area contributed by atoms with Crippen LogP contribution in [0.3, 0.4) is 0 Å². The predicted octanol–water partition coefficient (Wildman–Crippen LogP) is 3.61. The molecule has 242 valence electrons. The molecule has 0 saturated carbocycles. The highest BCUT2D eigenvalue weighted by molar-refractivity contribution is 5.95. The topological polar surface area (TPSA) is 140 Å². The van der Waals surface area contributed by atoms with Crippen LogP contribution in [0.5, 0.6) is 5.75 Å². The van der Waals surface area contributed by atoms with Gasteiger partial charge < -0.3 is 25.3 Å². The van der Waals surface area contributed by atoms with Gasteiger partial charge in [-0.2, -0.15) is 5.06 Å². The lowest BCUT2D eigenvalue weighted by molar-refractivity contribution is -0.267. The zero-order valence-corrected chi connectivity index (χ0v) is 26.0. The van der Waals surface area contributed by atoms with Crippen LogP contribution in [0.1, 0.15) is 37.0 Å². The number of carbonyl (C=O) groups is 4. The minimum atomic E-state index is -1.40. The van der Waals surface area contributed by atoms with Crippen LogP contribution in [0, 0.1) is 5.92 Å². The molecule has 0 spiro atoms. The molecule has 4 unspecified atom stereocenters. The van der Waals surface area contributed by atoms with Crippen LogP contribution in [0.25, 0.3) is 0 Å². The maximum absolute atomic E-state index is 14.5. The number of phenolic OH excluding ortho intramolecular Hbond substituents is 1. The molecule has 0 aromatic heterocycles. The van der Waals surface area contributed by atoms with E-state index >= 15 is 0 Å². The van der Waals surface area contributed by atoms with Gasteiger partial charge in [0.25, 0.3) is 5.91 Å². The Bertz CT molecular complexity index is 1520. The van der Waals surface area contributed by atoms with Crippen molar-refractivity contribution in [3.05, 3.63) is 102 Å². The third kappa shape index (κ3) is 7.48. The minimum absolute atomic E-state index is 0.0171. The van der Waals surface area contributed by atoms with E-state index in [1.807, 2.05) is 74.5 Å². The molecule has 2 saturated heterocycles. The molecule has 3 aromatic carbocycles. The fraction of sp³-hybridized carbons (Fsp3) is 0.371. The molecule has 11 nitrogen and oxygen atoms in total. The average molecular weight is 629 g/mol. The molecule has 2 aliphatic rings. The number of fused-ring (bicyclic) bond motifs is 1. The van der Waals surface area contributed by atoms with Crippen LogP contribution < -0.4 is 5.32 Å². The summed E-state index contributed by atoms with van der Waals surface area (Å²) in [6.07, 6.45) is -2.59. The molecule has 3 aromatic rings. The fourth-order valence-electron chi connectivity index (χ4n) is 6.12. The second-order valence-corrected chi connectivity index (χ2v) is 12.2. The first kappa shape index (κ1) is 32.5. The first-order valence-electron chi connectivity index (χ1n) is 15.6. The number of rotatable bonds is 11. The molecule has 46 heavy (non-hydrogen) atoms. The van der Waals surface area contributed by atoms with Gasteiger partial charge in [0, 0.05) is 19.4 Å². The third-order valence-corrected chi connectivity index (χ3v) is 8.37. The van der Waals surface area contributed by atoms with E-state index in [2.05, 4.69) is 5.32 Å². The van der Waals surface area contributed by atoms with Crippen LogP contribution in [0.4, 0.5) is 4.79 Å². The molecule has 3 N–H and O–H groups in total. The lowest BCUT2D eigenvalue weighted by Gasteiger charge is -2.53. The number of carboxylic acid groups (broad SMARTS) is 1. The Kier molecular flexibility index (Phi) is 10.2. The number of carbonyl (C=O) groups excluding carboxylic acids is 3. The van der Waals surface area contributed by atoms with Gasteiger partial charge in [-0.3, -0.25) is 19.2 Å². The number of hydroxylamine groups is 2. The van der Waals surface area contributed by atoms with E-state index in [9.17, 15) is 29.4 Å². The van der Waals surface area contributed by atoms with E-state index in [1.54, 1.807) is 12.1 Å². The normalized spacial score (nSPS) is 20.4. The number of piperazine rings is 1. The van der Waals surface area contributed by atoms with Crippen LogP contribution >= 0.6 is 0 Å². The highest BCUT2D eigenvalue weighted by Crippen LogP contribution is 2.32. The number of phenols is 1. The van der Waals surface area contributed by atoms with Gasteiger partial charge in [-0.25, -0.2) is 4.79 Å². The zero-order chi connectivity index (χ0) is 32.8. The number of benzene rings is 3. The van der Waals surface area contributed by atoms with Crippen molar-refractivity contribution < 1.29 is 34.2 Å². The van der Waals surface area contributed by atoms with E-state index < -0.39 is 42.3 Å². The number of aromatic hydroxyl groups is 1. The van der Waals surface area contributed by atoms with E-state index in [-0.39, 0.29) is 43.4 Å². The Morgan fingerprint density at radius 3 is 2.13 bits per heavy atom. The summed E-state index contributed by atoms with van der Waals surface area (Å²) in [6.45, 7) is 3.88.